The van der Waals surface area contributed by atoms with Crippen LogP contribution < -0.4 is 0 Å². The first-order valence-electron chi connectivity index (χ1n) is 5.08. The Labute approximate surface area is 96.8 Å². The lowest BCUT2D eigenvalue weighted by Crippen LogP contribution is -2.29. The summed E-state index contributed by atoms with van der Waals surface area (Å²) in [5.74, 6) is 0. The highest BCUT2D eigenvalue weighted by molar-refractivity contribution is 5.02. The van der Waals surface area contributed by atoms with Gasteiger partial charge in [-0.1, -0.05) is 19.0 Å². The van der Waals surface area contributed by atoms with E-state index in [1.807, 2.05) is 0 Å². The average Bonchev–Trinajstić information content (AvgIpc) is 2.63. The van der Waals surface area contributed by atoms with E-state index in [4.69, 9.17) is 0 Å². The zero-order valence-electron chi connectivity index (χ0n) is 9.82. The molecule has 17 heavy (non-hydrogen) atoms. The predicted octanol–water partition coefficient (Wildman–Crippen LogP) is 3.08. The Bertz CT molecular complexity index is 398. The summed E-state index contributed by atoms with van der Waals surface area (Å²) in [5.41, 5.74) is -1.45. The molecule has 7 heteroatoms. The summed E-state index contributed by atoms with van der Waals surface area (Å²) in [6.07, 6.45) is -2.40. The molecule has 0 aliphatic heterocycles. The maximum Gasteiger partial charge on any atom is 0.434 e. The predicted molar refractivity (Wildman–Crippen MR) is 56.3 cm³/mol. The lowest BCUT2D eigenvalue weighted by molar-refractivity contribution is -0.141. The van der Waals surface area contributed by atoms with Gasteiger partial charge in [0.15, 0.2) is 5.69 Å². The largest absolute Gasteiger partial charge is 0.434 e. The molecule has 1 unspecified atom stereocenters. The molecule has 0 fully saturated rings. The molecule has 0 aliphatic rings. The SMILES string of the molecule is CC(N=O)C(C)(C)Cn1cnc(C(F)(F)F)c1. The van der Waals surface area contributed by atoms with Gasteiger partial charge in [-0.05, 0) is 6.92 Å². The standard InChI is InChI=1S/C10H14F3N3O/c1-7(15-17)9(2,3)5-16-4-8(14-6-16)10(11,12)13/h4,6-7H,5H2,1-3H3. The second kappa shape index (κ2) is 4.46. The Balaban J connectivity index is 2.83. The number of halogens is 3. The quantitative estimate of drug-likeness (QED) is 0.770. The van der Waals surface area contributed by atoms with Crippen molar-refractivity contribution in [2.24, 2.45) is 10.6 Å². The molecule has 1 atom stereocenters. The highest BCUT2D eigenvalue weighted by atomic mass is 19.4. The van der Waals surface area contributed by atoms with Gasteiger partial charge in [0.25, 0.3) is 0 Å². The Kier molecular flexibility index (Phi) is 3.59. The molecule has 0 aliphatic carbocycles. The Hall–Kier alpha value is -1.40. The van der Waals surface area contributed by atoms with Crippen molar-refractivity contribution in [1.82, 2.24) is 9.55 Å². The number of rotatable bonds is 4. The van der Waals surface area contributed by atoms with Crippen LogP contribution >= 0.6 is 0 Å². The lowest BCUT2D eigenvalue weighted by Gasteiger charge is -2.27. The van der Waals surface area contributed by atoms with Crippen molar-refractivity contribution in [1.29, 1.82) is 0 Å². The van der Waals surface area contributed by atoms with Gasteiger partial charge in [0.05, 0.1) is 12.4 Å². The molecule has 0 bridgehead atoms. The minimum atomic E-state index is -4.44. The summed E-state index contributed by atoms with van der Waals surface area (Å²) in [5, 5.41) is 2.91. The molecule has 0 radical (unpaired) electrons. The van der Waals surface area contributed by atoms with Crippen LogP contribution in [0.25, 0.3) is 0 Å². The topological polar surface area (TPSA) is 47.2 Å². The van der Waals surface area contributed by atoms with Crippen molar-refractivity contribution < 1.29 is 13.2 Å². The molecule has 96 valence electrons. The van der Waals surface area contributed by atoms with Crippen LogP contribution in [0.5, 0.6) is 0 Å². The number of aromatic nitrogens is 2. The van der Waals surface area contributed by atoms with E-state index in [0.717, 1.165) is 12.5 Å². The Morgan fingerprint density at radius 1 is 1.47 bits per heavy atom. The zero-order valence-corrected chi connectivity index (χ0v) is 9.82. The number of imidazole rings is 1. The van der Waals surface area contributed by atoms with Gasteiger partial charge < -0.3 is 4.57 Å². The second-order valence-corrected chi connectivity index (χ2v) is 4.70. The van der Waals surface area contributed by atoms with Crippen molar-refractivity contribution in [3.63, 3.8) is 0 Å². The fourth-order valence-electron chi connectivity index (χ4n) is 1.34. The summed E-state index contributed by atoms with van der Waals surface area (Å²) in [6, 6.07) is -0.487. The van der Waals surface area contributed by atoms with Crippen molar-refractivity contribution in [3.8, 4) is 0 Å². The van der Waals surface area contributed by atoms with Gasteiger partial charge in [0.1, 0.15) is 0 Å². The molecule has 1 aromatic rings. The van der Waals surface area contributed by atoms with E-state index in [0.29, 0.717) is 0 Å². The molecule has 4 nitrogen and oxygen atoms in total. The summed E-state index contributed by atoms with van der Waals surface area (Å²) in [4.78, 5) is 13.7. The van der Waals surface area contributed by atoms with Gasteiger partial charge in [0.2, 0.25) is 0 Å². The first-order chi connectivity index (χ1) is 7.66. The summed E-state index contributed by atoms with van der Waals surface area (Å²) < 4.78 is 38.3. The van der Waals surface area contributed by atoms with E-state index >= 15 is 0 Å². The summed E-state index contributed by atoms with van der Waals surface area (Å²) in [7, 11) is 0. The molecule has 0 spiro atoms. The van der Waals surface area contributed by atoms with Crippen LogP contribution in [-0.2, 0) is 12.7 Å². The van der Waals surface area contributed by atoms with E-state index in [1.54, 1.807) is 20.8 Å². The van der Waals surface area contributed by atoms with E-state index in [2.05, 4.69) is 10.2 Å². The minimum absolute atomic E-state index is 0.253. The van der Waals surface area contributed by atoms with E-state index in [1.165, 1.54) is 4.57 Å². The molecule has 0 saturated carbocycles. The monoisotopic (exact) mass is 249 g/mol. The van der Waals surface area contributed by atoms with Crippen molar-refractivity contribution in [3.05, 3.63) is 23.1 Å². The van der Waals surface area contributed by atoms with Crippen LogP contribution in [0.2, 0.25) is 0 Å². The van der Waals surface area contributed by atoms with Gasteiger partial charge in [-0.2, -0.15) is 18.1 Å². The number of alkyl halides is 3. The molecule has 0 saturated heterocycles. The Morgan fingerprint density at radius 2 is 2.06 bits per heavy atom. The van der Waals surface area contributed by atoms with Crippen LogP contribution in [0.3, 0.4) is 0 Å². The zero-order chi connectivity index (χ0) is 13.3. The highest BCUT2D eigenvalue weighted by Crippen LogP contribution is 2.29. The normalized spacial score (nSPS) is 14.7. The molecule has 0 amide bonds. The van der Waals surface area contributed by atoms with Crippen molar-refractivity contribution >= 4 is 0 Å². The van der Waals surface area contributed by atoms with Crippen molar-refractivity contribution in [2.75, 3.05) is 0 Å². The highest BCUT2D eigenvalue weighted by Gasteiger charge is 2.34. The van der Waals surface area contributed by atoms with Crippen LogP contribution in [-0.4, -0.2) is 15.6 Å². The molecule has 0 aromatic carbocycles. The van der Waals surface area contributed by atoms with Crippen LogP contribution in [0.1, 0.15) is 26.5 Å². The molecule has 1 heterocycles. The molecule has 0 N–H and O–H groups in total. The summed E-state index contributed by atoms with van der Waals surface area (Å²) in [6.45, 7) is 5.43. The molecule has 1 aromatic heterocycles. The second-order valence-electron chi connectivity index (χ2n) is 4.70. The van der Waals surface area contributed by atoms with Crippen LogP contribution in [0.4, 0.5) is 13.2 Å². The number of hydrogen-bond acceptors (Lipinski definition) is 3. The van der Waals surface area contributed by atoms with Gasteiger partial charge >= 0.3 is 6.18 Å². The summed E-state index contributed by atoms with van der Waals surface area (Å²) >= 11 is 0. The number of nitrogens with zero attached hydrogens (tertiary/aromatic N) is 3. The van der Waals surface area contributed by atoms with Crippen LogP contribution in [0.15, 0.2) is 17.7 Å². The van der Waals surface area contributed by atoms with E-state index in [9.17, 15) is 18.1 Å². The fourth-order valence-corrected chi connectivity index (χ4v) is 1.34. The van der Waals surface area contributed by atoms with Crippen LogP contribution in [0, 0.1) is 10.3 Å². The van der Waals surface area contributed by atoms with Crippen molar-refractivity contribution in [2.45, 2.75) is 39.5 Å². The fraction of sp³-hybridized carbons (Fsp3) is 0.700. The van der Waals surface area contributed by atoms with Gasteiger partial charge in [-0.25, -0.2) is 4.98 Å². The maximum absolute atomic E-state index is 12.3. The first kappa shape index (κ1) is 13.7. The maximum atomic E-state index is 12.3. The smallest absolute Gasteiger partial charge is 0.336 e. The number of hydrogen-bond donors (Lipinski definition) is 0. The molecule has 1 rings (SSSR count). The van der Waals surface area contributed by atoms with E-state index < -0.39 is 23.3 Å². The Morgan fingerprint density at radius 3 is 2.47 bits per heavy atom. The number of nitroso groups, excluding NO2 is 1. The molecular weight excluding hydrogens is 235 g/mol. The third-order valence-electron chi connectivity index (χ3n) is 2.80. The average molecular weight is 249 g/mol. The van der Waals surface area contributed by atoms with Gasteiger partial charge in [0, 0.05) is 18.2 Å². The van der Waals surface area contributed by atoms with Gasteiger partial charge in [-0.3, -0.25) is 0 Å². The molecular formula is C10H14F3N3O. The first-order valence-corrected chi connectivity index (χ1v) is 5.08. The minimum Gasteiger partial charge on any atom is -0.336 e. The third-order valence-corrected chi connectivity index (χ3v) is 2.80. The third kappa shape index (κ3) is 3.28. The van der Waals surface area contributed by atoms with E-state index in [-0.39, 0.29) is 6.54 Å². The lowest BCUT2D eigenvalue weighted by atomic mass is 9.86. The van der Waals surface area contributed by atoms with Gasteiger partial charge in [-0.15, -0.1) is 0 Å².